The lowest BCUT2D eigenvalue weighted by Crippen LogP contribution is -2.15. The molecule has 11 heavy (non-hydrogen) atoms. The van der Waals surface area contributed by atoms with Crippen molar-refractivity contribution in [2.75, 3.05) is 13.1 Å². The van der Waals surface area contributed by atoms with E-state index in [9.17, 15) is 0 Å². The molecular formula is C10H21N. The van der Waals surface area contributed by atoms with Crippen LogP contribution in [0.5, 0.6) is 0 Å². The van der Waals surface area contributed by atoms with Gasteiger partial charge in [0.05, 0.1) is 0 Å². The number of rotatable bonds is 7. The number of nitrogens with one attached hydrogen (secondary N) is 1. The maximum Gasteiger partial charge on any atom is -0.00489 e. The molecule has 0 spiro atoms. The number of hydrogen-bond donors (Lipinski definition) is 1. The topological polar surface area (TPSA) is 12.0 Å². The van der Waals surface area contributed by atoms with Crippen molar-refractivity contribution in [1.82, 2.24) is 5.32 Å². The van der Waals surface area contributed by atoms with Crippen LogP contribution >= 0.6 is 0 Å². The van der Waals surface area contributed by atoms with Crippen LogP contribution in [-0.2, 0) is 0 Å². The van der Waals surface area contributed by atoms with Crippen LogP contribution < -0.4 is 5.32 Å². The van der Waals surface area contributed by atoms with Crippen molar-refractivity contribution in [1.29, 1.82) is 0 Å². The van der Waals surface area contributed by atoms with Gasteiger partial charge in [0.2, 0.25) is 0 Å². The molecule has 0 saturated heterocycles. The molecule has 0 unspecified atom stereocenters. The first kappa shape index (κ1) is 9.05. The Morgan fingerprint density at radius 1 is 1.18 bits per heavy atom. The second-order valence-corrected chi connectivity index (χ2v) is 3.69. The molecule has 0 atom stereocenters. The van der Waals surface area contributed by atoms with Gasteiger partial charge in [0.25, 0.3) is 0 Å². The molecule has 0 heterocycles. The van der Waals surface area contributed by atoms with E-state index in [-0.39, 0.29) is 0 Å². The first-order valence-electron chi connectivity index (χ1n) is 5.14. The summed E-state index contributed by atoms with van der Waals surface area (Å²) in [5.74, 6) is 1.13. The fourth-order valence-electron chi connectivity index (χ4n) is 1.39. The summed E-state index contributed by atoms with van der Waals surface area (Å²) in [6.45, 7) is 4.65. The zero-order valence-corrected chi connectivity index (χ0v) is 7.73. The molecule has 1 saturated carbocycles. The molecule has 0 radical (unpaired) electrons. The normalized spacial score (nSPS) is 17.2. The van der Waals surface area contributed by atoms with E-state index in [1.165, 1.54) is 51.6 Å². The Labute approximate surface area is 70.6 Å². The van der Waals surface area contributed by atoms with Crippen molar-refractivity contribution >= 4 is 0 Å². The lowest BCUT2D eigenvalue weighted by molar-refractivity contribution is 0.577. The van der Waals surface area contributed by atoms with Crippen LogP contribution in [0.25, 0.3) is 0 Å². The monoisotopic (exact) mass is 155 g/mol. The van der Waals surface area contributed by atoms with E-state index in [2.05, 4.69) is 12.2 Å². The fraction of sp³-hybridized carbons (Fsp3) is 1.00. The zero-order valence-electron chi connectivity index (χ0n) is 7.73. The molecule has 0 aromatic rings. The molecule has 0 aliphatic heterocycles. The van der Waals surface area contributed by atoms with Crippen LogP contribution in [0.15, 0.2) is 0 Å². The zero-order chi connectivity index (χ0) is 7.94. The SMILES string of the molecule is CCCNCCCCC1CC1. The molecule has 0 aromatic carbocycles. The predicted octanol–water partition coefficient (Wildman–Crippen LogP) is 2.57. The second kappa shape index (κ2) is 5.59. The summed E-state index contributed by atoms with van der Waals surface area (Å²) in [5.41, 5.74) is 0. The minimum absolute atomic E-state index is 1.13. The lowest BCUT2D eigenvalue weighted by Gasteiger charge is -2.01. The minimum atomic E-state index is 1.13. The highest BCUT2D eigenvalue weighted by molar-refractivity contribution is 4.72. The highest BCUT2D eigenvalue weighted by Crippen LogP contribution is 2.33. The van der Waals surface area contributed by atoms with Gasteiger partial charge < -0.3 is 5.32 Å². The largest absolute Gasteiger partial charge is 0.317 e. The Bertz CT molecular complexity index is 86.9. The van der Waals surface area contributed by atoms with Gasteiger partial charge in [0.1, 0.15) is 0 Å². The van der Waals surface area contributed by atoms with Crippen LogP contribution in [0.1, 0.15) is 45.4 Å². The van der Waals surface area contributed by atoms with E-state index in [0.29, 0.717) is 0 Å². The van der Waals surface area contributed by atoms with E-state index in [0.717, 1.165) is 5.92 Å². The minimum Gasteiger partial charge on any atom is -0.317 e. The summed E-state index contributed by atoms with van der Waals surface area (Å²) in [6.07, 6.45) is 8.62. The van der Waals surface area contributed by atoms with Crippen LogP contribution in [0.3, 0.4) is 0 Å². The predicted molar refractivity (Wildman–Crippen MR) is 49.7 cm³/mol. The number of hydrogen-bond acceptors (Lipinski definition) is 1. The summed E-state index contributed by atoms with van der Waals surface area (Å²) in [7, 11) is 0. The van der Waals surface area contributed by atoms with Crippen molar-refractivity contribution in [2.24, 2.45) is 5.92 Å². The average molecular weight is 155 g/mol. The Balaban J connectivity index is 1.66. The second-order valence-electron chi connectivity index (χ2n) is 3.69. The third-order valence-electron chi connectivity index (χ3n) is 2.34. The van der Waals surface area contributed by atoms with Gasteiger partial charge in [-0.1, -0.05) is 32.6 Å². The molecule has 1 rings (SSSR count). The highest BCUT2D eigenvalue weighted by Gasteiger charge is 2.19. The third kappa shape index (κ3) is 5.25. The van der Waals surface area contributed by atoms with Crippen LogP contribution in [0.2, 0.25) is 0 Å². The van der Waals surface area contributed by atoms with Crippen molar-refractivity contribution < 1.29 is 0 Å². The van der Waals surface area contributed by atoms with Gasteiger partial charge >= 0.3 is 0 Å². The van der Waals surface area contributed by atoms with Crippen LogP contribution in [-0.4, -0.2) is 13.1 Å². The van der Waals surface area contributed by atoms with E-state index in [1.54, 1.807) is 0 Å². The standard InChI is InChI=1S/C10H21N/c1-2-8-11-9-4-3-5-10-6-7-10/h10-11H,2-9H2,1H3. The van der Waals surface area contributed by atoms with Crippen molar-refractivity contribution in [3.8, 4) is 0 Å². The maximum atomic E-state index is 3.43. The summed E-state index contributed by atoms with van der Waals surface area (Å²) < 4.78 is 0. The van der Waals surface area contributed by atoms with Crippen molar-refractivity contribution in [3.05, 3.63) is 0 Å². The molecule has 1 heteroatoms. The van der Waals surface area contributed by atoms with Crippen molar-refractivity contribution in [2.45, 2.75) is 45.4 Å². The third-order valence-corrected chi connectivity index (χ3v) is 2.34. The fourth-order valence-corrected chi connectivity index (χ4v) is 1.39. The van der Waals surface area contributed by atoms with Crippen molar-refractivity contribution in [3.63, 3.8) is 0 Å². The summed E-state index contributed by atoms with van der Waals surface area (Å²) >= 11 is 0. The molecule has 1 N–H and O–H groups in total. The molecule has 1 aliphatic rings. The van der Waals surface area contributed by atoms with E-state index in [4.69, 9.17) is 0 Å². The molecule has 0 aromatic heterocycles. The quantitative estimate of drug-likeness (QED) is 0.557. The highest BCUT2D eigenvalue weighted by atomic mass is 14.8. The first-order chi connectivity index (χ1) is 5.43. The van der Waals surface area contributed by atoms with Gasteiger partial charge in [0, 0.05) is 0 Å². The van der Waals surface area contributed by atoms with Gasteiger partial charge in [-0.05, 0) is 31.8 Å². The van der Waals surface area contributed by atoms with Gasteiger partial charge in [0.15, 0.2) is 0 Å². The molecule has 66 valence electrons. The molecule has 1 fully saturated rings. The first-order valence-corrected chi connectivity index (χ1v) is 5.14. The Morgan fingerprint density at radius 3 is 2.64 bits per heavy atom. The van der Waals surface area contributed by atoms with Gasteiger partial charge in [-0.3, -0.25) is 0 Å². The summed E-state index contributed by atoms with van der Waals surface area (Å²) in [6, 6.07) is 0. The molecule has 0 bridgehead atoms. The van der Waals surface area contributed by atoms with E-state index < -0.39 is 0 Å². The van der Waals surface area contributed by atoms with E-state index >= 15 is 0 Å². The maximum absolute atomic E-state index is 3.43. The Kier molecular flexibility index (Phi) is 4.60. The molecular weight excluding hydrogens is 134 g/mol. The Hall–Kier alpha value is -0.0400. The molecule has 0 amide bonds. The molecule has 1 nitrogen and oxygen atoms in total. The van der Waals surface area contributed by atoms with E-state index in [1.807, 2.05) is 0 Å². The summed E-state index contributed by atoms with van der Waals surface area (Å²) in [4.78, 5) is 0. The smallest absolute Gasteiger partial charge is 0.00489 e. The van der Waals surface area contributed by atoms with Gasteiger partial charge in [-0.25, -0.2) is 0 Å². The Morgan fingerprint density at radius 2 is 2.00 bits per heavy atom. The lowest BCUT2D eigenvalue weighted by atomic mass is 10.2. The van der Waals surface area contributed by atoms with Gasteiger partial charge in [-0.2, -0.15) is 0 Å². The molecule has 1 aliphatic carbocycles. The average Bonchev–Trinajstić information content (AvgIpc) is 2.80. The number of unbranched alkanes of at least 4 members (excludes halogenated alkanes) is 1. The van der Waals surface area contributed by atoms with Gasteiger partial charge in [-0.15, -0.1) is 0 Å². The summed E-state index contributed by atoms with van der Waals surface area (Å²) in [5, 5.41) is 3.43. The van der Waals surface area contributed by atoms with Crippen LogP contribution in [0, 0.1) is 5.92 Å². The van der Waals surface area contributed by atoms with Crippen LogP contribution in [0.4, 0.5) is 0 Å².